The summed E-state index contributed by atoms with van der Waals surface area (Å²) in [6.45, 7) is 6.21. The van der Waals surface area contributed by atoms with Gasteiger partial charge in [-0.1, -0.05) is 0 Å². The largest absolute Gasteiger partial charge is 0.451 e. The van der Waals surface area contributed by atoms with Crippen molar-refractivity contribution in [1.29, 1.82) is 0 Å². The molecule has 1 fully saturated rings. The third-order valence-electron chi connectivity index (χ3n) is 3.20. The van der Waals surface area contributed by atoms with Crippen molar-refractivity contribution in [2.45, 2.75) is 6.42 Å². The zero-order valence-corrected chi connectivity index (χ0v) is 10.8. The van der Waals surface area contributed by atoms with E-state index >= 15 is 0 Å². The molecule has 0 saturated carbocycles. The topological polar surface area (TPSA) is 61.6 Å². The molecule has 0 aliphatic carbocycles. The van der Waals surface area contributed by atoms with Crippen LogP contribution in [0.2, 0.25) is 0 Å². The number of amides is 1. The second kappa shape index (κ2) is 6.51. The van der Waals surface area contributed by atoms with Gasteiger partial charge in [-0.05, 0) is 20.0 Å². The quantitative estimate of drug-likeness (QED) is 0.750. The lowest BCUT2D eigenvalue weighted by Crippen LogP contribution is -2.45. The van der Waals surface area contributed by atoms with Gasteiger partial charge in [-0.3, -0.25) is 4.79 Å². The maximum atomic E-state index is 11.5. The SMILES string of the molecule is CN1CCN(CCCNC(=O)c2cocn2)CC1. The zero-order valence-electron chi connectivity index (χ0n) is 10.8. The van der Waals surface area contributed by atoms with Crippen LogP contribution in [0, 0.1) is 0 Å². The number of rotatable bonds is 5. The third-order valence-corrected chi connectivity index (χ3v) is 3.20. The number of carbonyl (C=O) groups is 1. The summed E-state index contributed by atoms with van der Waals surface area (Å²) in [6.07, 6.45) is 3.59. The Morgan fingerprint density at radius 2 is 2.22 bits per heavy atom. The van der Waals surface area contributed by atoms with Crippen LogP contribution >= 0.6 is 0 Å². The van der Waals surface area contributed by atoms with E-state index in [4.69, 9.17) is 4.42 Å². The molecule has 18 heavy (non-hydrogen) atoms. The van der Waals surface area contributed by atoms with Crippen LogP contribution in [0.5, 0.6) is 0 Å². The van der Waals surface area contributed by atoms with Crippen LogP contribution in [-0.2, 0) is 0 Å². The number of nitrogens with zero attached hydrogens (tertiary/aromatic N) is 3. The number of piperazine rings is 1. The summed E-state index contributed by atoms with van der Waals surface area (Å²) >= 11 is 0. The first kappa shape index (κ1) is 13.0. The highest BCUT2D eigenvalue weighted by Crippen LogP contribution is 2.00. The highest BCUT2D eigenvalue weighted by molar-refractivity contribution is 5.91. The van der Waals surface area contributed by atoms with Crippen LogP contribution in [0.1, 0.15) is 16.9 Å². The lowest BCUT2D eigenvalue weighted by Gasteiger charge is -2.32. The molecule has 1 aromatic heterocycles. The summed E-state index contributed by atoms with van der Waals surface area (Å²) in [4.78, 5) is 20.1. The highest BCUT2D eigenvalue weighted by atomic mass is 16.3. The molecule has 0 aromatic carbocycles. The minimum atomic E-state index is -0.165. The first-order chi connectivity index (χ1) is 8.75. The number of carbonyl (C=O) groups excluding carboxylic acids is 1. The lowest BCUT2D eigenvalue weighted by molar-refractivity contribution is 0.0944. The molecule has 100 valence electrons. The number of hydrogen-bond acceptors (Lipinski definition) is 5. The highest BCUT2D eigenvalue weighted by Gasteiger charge is 2.13. The van der Waals surface area contributed by atoms with Crippen molar-refractivity contribution < 1.29 is 9.21 Å². The van der Waals surface area contributed by atoms with Gasteiger partial charge in [0.25, 0.3) is 5.91 Å². The molecule has 6 nitrogen and oxygen atoms in total. The molecular weight excluding hydrogens is 232 g/mol. The van der Waals surface area contributed by atoms with Crippen LogP contribution in [0.25, 0.3) is 0 Å². The summed E-state index contributed by atoms with van der Waals surface area (Å²) in [6, 6.07) is 0. The number of nitrogens with one attached hydrogen (secondary N) is 1. The van der Waals surface area contributed by atoms with Crippen LogP contribution in [-0.4, -0.2) is 67.0 Å². The summed E-state index contributed by atoms with van der Waals surface area (Å²) in [5.41, 5.74) is 0.342. The molecule has 0 unspecified atom stereocenters. The fourth-order valence-corrected chi connectivity index (χ4v) is 1.99. The minimum Gasteiger partial charge on any atom is -0.451 e. The first-order valence-corrected chi connectivity index (χ1v) is 6.33. The van der Waals surface area contributed by atoms with E-state index in [1.54, 1.807) is 0 Å². The standard InChI is InChI=1S/C12H20N4O2/c1-15-5-7-16(8-6-15)4-2-3-13-12(17)11-9-18-10-14-11/h9-10H,2-8H2,1H3,(H,13,17). The van der Waals surface area contributed by atoms with Crippen molar-refractivity contribution in [2.75, 3.05) is 46.3 Å². The van der Waals surface area contributed by atoms with Crippen molar-refractivity contribution in [3.8, 4) is 0 Å². The Kier molecular flexibility index (Phi) is 4.72. The van der Waals surface area contributed by atoms with Gasteiger partial charge in [-0.25, -0.2) is 4.98 Å². The molecule has 2 rings (SSSR count). The van der Waals surface area contributed by atoms with E-state index in [-0.39, 0.29) is 5.91 Å². The molecule has 1 aromatic rings. The van der Waals surface area contributed by atoms with Crippen LogP contribution in [0.15, 0.2) is 17.1 Å². The van der Waals surface area contributed by atoms with E-state index < -0.39 is 0 Å². The van der Waals surface area contributed by atoms with Gasteiger partial charge in [-0.15, -0.1) is 0 Å². The number of aromatic nitrogens is 1. The zero-order chi connectivity index (χ0) is 12.8. The molecule has 1 amide bonds. The van der Waals surface area contributed by atoms with Gasteiger partial charge in [0.2, 0.25) is 0 Å². The van der Waals surface area contributed by atoms with Gasteiger partial charge in [0.05, 0.1) is 0 Å². The van der Waals surface area contributed by atoms with E-state index in [9.17, 15) is 4.79 Å². The number of oxazole rings is 1. The Morgan fingerprint density at radius 1 is 1.44 bits per heavy atom. The van der Waals surface area contributed by atoms with Gasteiger partial charge >= 0.3 is 0 Å². The van der Waals surface area contributed by atoms with E-state index in [0.29, 0.717) is 12.2 Å². The van der Waals surface area contributed by atoms with Gasteiger partial charge in [0.1, 0.15) is 6.26 Å². The molecule has 1 aliphatic heterocycles. The van der Waals surface area contributed by atoms with E-state index in [0.717, 1.165) is 39.1 Å². The molecule has 1 N–H and O–H groups in total. The van der Waals surface area contributed by atoms with Crippen LogP contribution in [0.3, 0.4) is 0 Å². The second-order valence-corrected chi connectivity index (χ2v) is 4.63. The van der Waals surface area contributed by atoms with Crippen molar-refractivity contribution in [1.82, 2.24) is 20.1 Å². The molecule has 0 spiro atoms. The third kappa shape index (κ3) is 3.82. The van der Waals surface area contributed by atoms with Gasteiger partial charge in [0, 0.05) is 32.7 Å². The van der Waals surface area contributed by atoms with Crippen molar-refractivity contribution in [3.63, 3.8) is 0 Å². The minimum absolute atomic E-state index is 0.165. The summed E-state index contributed by atoms with van der Waals surface area (Å²) in [5.74, 6) is -0.165. The first-order valence-electron chi connectivity index (χ1n) is 6.33. The van der Waals surface area contributed by atoms with Gasteiger partial charge in [0.15, 0.2) is 12.1 Å². The summed E-state index contributed by atoms with van der Waals surface area (Å²) < 4.78 is 4.76. The van der Waals surface area contributed by atoms with E-state index in [2.05, 4.69) is 27.1 Å². The maximum absolute atomic E-state index is 11.5. The number of likely N-dealkylation sites (N-methyl/N-ethyl adjacent to an activating group) is 1. The normalized spacial score (nSPS) is 17.8. The van der Waals surface area contributed by atoms with Crippen LogP contribution < -0.4 is 5.32 Å². The smallest absolute Gasteiger partial charge is 0.273 e. The van der Waals surface area contributed by atoms with Gasteiger partial charge in [-0.2, -0.15) is 0 Å². The average molecular weight is 252 g/mol. The second-order valence-electron chi connectivity index (χ2n) is 4.63. The number of hydrogen-bond donors (Lipinski definition) is 1. The molecule has 0 atom stereocenters. The van der Waals surface area contributed by atoms with Crippen molar-refractivity contribution >= 4 is 5.91 Å². The predicted octanol–water partition coefficient (Wildman–Crippen LogP) is 0.0419. The molecule has 2 heterocycles. The molecule has 0 radical (unpaired) electrons. The Balaban J connectivity index is 1.57. The van der Waals surface area contributed by atoms with Crippen molar-refractivity contribution in [3.05, 3.63) is 18.4 Å². The predicted molar refractivity (Wildman–Crippen MR) is 67.4 cm³/mol. The fourth-order valence-electron chi connectivity index (χ4n) is 1.99. The van der Waals surface area contributed by atoms with Gasteiger partial charge < -0.3 is 19.5 Å². The van der Waals surface area contributed by atoms with E-state index in [1.807, 2.05) is 0 Å². The molecule has 1 saturated heterocycles. The van der Waals surface area contributed by atoms with E-state index in [1.165, 1.54) is 12.7 Å². The molecular formula is C12H20N4O2. The Labute approximate surface area is 107 Å². The maximum Gasteiger partial charge on any atom is 0.273 e. The summed E-state index contributed by atoms with van der Waals surface area (Å²) in [5, 5.41) is 2.83. The molecule has 6 heteroatoms. The monoisotopic (exact) mass is 252 g/mol. The van der Waals surface area contributed by atoms with Crippen molar-refractivity contribution in [2.24, 2.45) is 0 Å². The van der Waals surface area contributed by atoms with Crippen LogP contribution in [0.4, 0.5) is 0 Å². The molecule has 0 bridgehead atoms. The lowest BCUT2D eigenvalue weighted by atomic mass is 10.3. The fraction of sp³-hybridized carbons (Fsp3) is 0.667. The average Bonchev–Trinajstić information content (AvgIpc) is 2.90. The Bertz CT molecular complexity index is 358. The summed E-state index contributed by atoms with van der Waals surface area (Å²) in [7, 11) is 2.15. The Morgan fingerprint density at radius 3 is 2.89 bits per heavy atom. The molecule has 1 aliphatic rings. The Hall–Kier alpha value is -1.40.